The summed E-state index contributed by atoms with van der Waals surface area (Å²) in [5.74, 6) is 1.07. The van der Waals surface area contributed by atoms with Crippen LogP contribution >= 0.6 is 27.5 Å². The zero-order valence-corrected chi connectivity index (χ0v) is 22.3. The molecule has 11 heteroatoms. The second-order valence-electron chi connectivity index (χ2n) is 8.60. The zero-order valence-electron chi connectivity index (χ0n) is 19.1. The molecule has 8 nitrogen and oxygen atoms in total. The van der Waals surface area contributed by atoms with Gasteiger partial charge in [0, 0.05) is 36.3 Å². The Labute approximate surface area is 222 Å². The second-order valence-corrected chi connectivity index (χ2v) is 11.8. The molecule has 1 aliphatic rings. The summed E-state index contributed by atoms with van der Waals surface area (Å²) >= 11 is 9.94. The number of anilines is 1. The molecule has 1 aliphatic heterocycles. The summed E-state index contributed by atoms with van der Waals surface area (Å²) in [5.41, 5.74) is 2.57. The van der Waals surface area contributed by atoms with Gasteiger partial charge in [0.2, 0.25) is 10.0 Å². The average molecular weight is 586 g/mol. The van der Waals surface area contributed by atoms with E-state index in [-0.39, 0.29) is 10.8 Å². The maximum atomic E-state index is 13.1. The number of benzene rings is 2. The van der Waals surface area contributed by atoms with Crippen molar-refractivity contribution < 1.29 is 8.42 Å². The molecular formula is C25H22BrClN6O2S. The molecule has 4 aromatic rings. The van der Waals surface area contributed by atoms with E-state index in [1.165, 1.54) is 16.4 Å². The van der Waals surface area contributed by atoms with Crippen LogP contribution in [0.3, 0.4) is 0 Å². The van der Waals surface area contributed by atoms with Gasteiger partial charge in [-0.2, -0.15) is 19.2 Å². The van der Waals surface area contributed by atoms with Gasteiger partial charge in [0.25, 0.3) is 0 Å². The molecule has 36 heavy (non-hydrogen) atoms. The monoisotopic (exact) mass is 584 g/mol. The minimum atomic E-state index is -3.63. The van der Waals surface area contributed by atoms with Crippen LogP contribution in [-0.4, -0.2) is 47.0 Å². The van der Waals surface area contributed by atoms with E-state index >= 15 is 0 Å². The molecule has 1 saturated heterocycles. The number of nitriles is 1. The lowest BCUT2D eigenvalue weighted by molar-refractivity contribution is 0.282. The summed E-state index contributed by atoms with van der Waals surface area (Å²) in [6, 6.07) is 17.7. The van der Waals surface area contributed by atoms with Crippen LogP contribution in [0.2, 0.25) is 5.02 Å². The van der Waals surface area contributed by atoms with Crippen molar-refractivity contribution in [1.29, 1.82) is 5.26 Å². The molecule has 0 amide bonds. The third-order valence-electron chi connectivity index (χ3n) is 6.32. The van der Waals surface area contributed by atoms with E-state index in [4.69, 9.17) is 21.8 Å². The molecule has 3 heterocycles. The number of nitrogens with one attached hydrogen (secondary N) is 1. The highest BCUT2D eigenvalue weighted by atomic mass is 79.9. The Kier molecular flexibility index (Phi) is 6.99. The molecule has 0 atom stereocenters. The maximum absolute atomic E-state index is 13.1. The number of hydrogen-bond donors (Lipinski definition) is 1. The predicted molar refractivity (Wildman–Crippen MR) is 142 cm³/mol. The second kappa shape index (κ2) is 10.2. The summed E-state index contributed by atoms with van der Waals surface area (Å²) in [6.45, 7) is 1.52. The summed E-state index contributed by atoms with van der Waals surface area (Å²) in [5, 5.41) is 17.6. The lowest BCUT2D eigenvalue weighted by Crippen LogP contribution is -2.39. The fraction of sp³-hybridized carbons (Fsp3) is 0.240. The van der Waals surface area contributed by atoms with Gasteiger partial charge in [-0.3, -0.25) is 0 Å². The van der Waals surface area contributed by atoms with Crippen molar-refractivity contribution in [2.45, 2.75) is 17.7 Å². The van der Waals surface area contributed by atoms with E-state index in [0.29, 0.717) is 35.9 Å². The molecule has 0 radical (unpaired) electrons. The fourth-order valence-electron chi connectivity index (χ4n) is 4.35. The summed E-state index contributed by atoms with van der Waals surface area (Å²) in [4.78, 5) is 4.90. The van der Waals surface area contributed by atoms with Crippen LogP contribution in [0.15, 0.2) is 70.2 Å². The number of halogens is 2. The van der Waals surface area contributed by atoms with Gasteiger partial charge < -0.3 is 5.32 Å². The molecule has 1 N–H and O–H groups in total. The molecule has 184 valence electrons. The van der Waals surface area contributed by atoms with Crippen LogP contribution in [0.1, 0.15) is 18.4 Å². The van der Waals surface area contributed by atoms with Crippen LogP contribution in [0.4, 0.5) is 5.82 Å². The van der Waals surface area contributed by atoms with Crippen LogP contribution in [0.5, 0.6) is 0 Å². The van der Waals surface area contributed by atoms with E-state index < -0.39 is 10.0 Å². The van der Waals surface area contributed by atoms with Gasteiger partial charge in [0.15, 0.2) is 5.65 Å². The first-order valence-corrected chi connectivity index (χ1v) is 14.0. The smallest absolute Gasteiger partial charge is 0.243 e. The Bertz CT molecular complexity index is 1580. The number of fused-ring (bicyclic) bond motifs is 1. The number of aromatic nitrogens is 3. The molecule has 0 saturated carbocycles. The lowest BCUT2D eigenvalue weighted by atomic mass is 9.98. The van der Waals surface area contributed by atoms with E-state index in [2.05, 4.69) is 26.3 Å². The Morgan fingerprint density at radius 3 is 2.67 bits per heavy atom. The van der Waals surface area contributed by atoms with Crippen LogP contribution in [0.25, 0.3) is 16.9 Å². The van der Waals surface area contributed by atoms with E-state index in [1.807, 2.05) is 36.4 Å². The van der Waals surface area contributed by atoms with Gasteiger partial charge in [-0.05, 0) is 59.0 Å². The zero-order chi connectivity index (χ0) is 25.3. The van der Waals surface area contributed by atoms with Gasteiger partial charge in [-0.25, -0.2) is 13.4 Å². The molecular weight excluding hydrogens is 564 g/mol. The SMILES string of the molecule is N#Cc1cccc(S(=O)(=O)N2CCC(CNc3cc(-c4ccccc4Cl)nc4c(Br)cnn34)CC2)c1. The van der Waals surface area contributed by atoms with E-state index in [0.717, 1.165) is 34.4 Å². The van der Waals surface area contributed by atoms with Gasteiger partial charge in [0.1, 0.15) is 5.82 Å². The average Bonchev–Trinajstić information content (AvgIpc) is 3.28. The lowest BCUT2D eigenvalue weighted by Gasteiger charge is -2.31. The van der Waals surface area contributed by atoms with E-state index in [1.54, 1.807) is 22.8 Å². The van der Waals surface area contributed by atoms with Crippen molar-refractivity contribution in [2.75, 3.05) is 25.0 Å². The van der Waals surface area contributed by atoms with Crippen molar-refractivity contribution in [3.8, 4) is 17.3 Å². The first-order valence-electron chi connectivity index (χ1n) is 11.4. The number of piperidine rings is 1. The topological polar surface area (TPSA) is 103 Å². The van der Waals surface area contributed by atoms with E-state index in [9.17, 15) is 8.42 Å². The summed E-state index contributed by atoms with van der Waals surface area (Å²) < 4.78 is 30.1. The molecule has 1 fully saturated rings. The molecule has 0 aliphatic carbocycles. The highest BCUT2D eigenvalue weighted by Crippen LogP contribution is 2.31. The minimum absolute atomic E-state index is 0.161. The van der Waals surface area contributed by atoms with Crippen molar-refractivity contribution >= 4 is 49.0 Å². The highest BCUT2D eigenvalue weighted by Gasteiger charge is 2.29. The molecule has 2 aromatic carbocycles. The number of sulfonamides is 1. The first kappa shape index (κ1) is 24.7. The fourth-order valence-corrected chi connectivity index (χ4v) is 6.44. The third-order valence-corrected chi connectivity index (χ3v) is 9.11. The summed E-state index contributed by atoms with van der Waals surface area (Å²) in [7, 11) is -3.63. The van der Waals surface area contributed by atoms with Gasteiger partial charge in [0.05, 0.1) is 32.9 Å². The summed E-state index contributed by atoms with van der Waals surface area (Å²) in [6.07, 6.45) is 3.14. The standard InChI is InChI=1S/C25H22BrClN6O2S/c26-21-16-30-33-24(13-23(31-25(21)33)20-6-1-2-7-22(20)27)29-15-17-8-10-32(11-9-17)36(34,35)19-5-3-4-18(12-19)14-28/h1-7,12-13,16-17,29H,8-11,15H2. The Morgan fingerprint density at radius 2 is 1.92 bits per heavy atom. The maximum Gasteiger partial charge on any atom is 0.243 e. The molecule has 0 spiro atoms. The normalized spacial score (nSPS) is 15.1. The van der Waals surface area contributed by atoms with Gasteiger partial charge >= 0.3 is 0 Å². The van der Waals surface area contributed by atoms with Crippen LogP contribution in [-0.2, 0) is 10.0 Å². The quantitative estimate of drug-likeness (QED) is 0.334. The Hall–Kier alpha value is -2.97. The van der Waals surface area contributed by atoms with Gasteiger partial charge in [-0.1, -0.05) is 35.9 Å². The van der Waals surface area contributed by atoms with Crippen LogP contribution in [0, 0.1) is 17.2 Å². The Balaban J connectivity index is 1.30. The predicted octanol–water partition coefficient (Wildman–Crippen LogP) is 5.20. The van der Waals surface area contributed by atoms with Crippen molar-refractivity contribution in [3.63, 3.8) is 0 Å². The van der Waals surface area contributed by atoms with Crippen molar-refractivity contribution in [2.24, 2.45) is 5.92 Å². The number of rotatable bonds is 6. The minimum Gasteiger partial charge on any atom is -0.370 e. The molecule has 0 unspecified atom stereocenters. The van der Waals surface area contributed by atoms with Crippen molar-refractivity contribution in [3.05, 3.63) is 75.9 Å². The number of hydrogen-bond acceptors (Lipinski definition) is 6. The largest absolute Gasteiger partial charge is 0.370 e. The molecule has 0 bridgehead atoms. The molecule has 2 aromatic heterocycles. The number of nitrogens with zero attached hydrogens (tertiary/aromatic N) is 5. The van der Waals surface area contributed by atoms with Gasteiger partial charge in [-0.15, -0.1) is 0 Å². The third kappa shape index (κ3) is 4.84. The van der Waals surface area contributed by atoms with Crippen LogP contribution < -0.4 is 5.32 Å². The first-order chi connectivity index (χ1) is 17.4. The van der Waals surface area contributed by atoms with Crippen molar-refractivity contribution in [1.82, 2.24) is 18.9 Å². The molecule has 5 rings (SSSR count). The highest BCUT2D eigenvalue weighted by molar-refractivity contribution is 9.10. The Morgan fingerprint density at radius 1 is 1.14 bits per heavy atom.